The number of carbonyl (C=O) groups is 1. The first-order chi connectivity index (χ1) is 10.2. The fraction of sp³-hybridized carbons (Fsp3) is 0.333. The van der Waals surface area contributed by atoms with E-state index in [2.05, 4.69) is 28.6 Å². The molecule has 0 saturated carbocycles. The molecule has 1 aromatic heterocycles. The van der Waals surface area contributed by atoms with Crippen LogP contribution in [0.5, 0.6) is 5.75 Å². The van der Waals surface area contributed by atoms with Gasteiger partial charge in [0.15, 0.2) is 5.13 Å². The maximum atomic E-state index is 12.0. The SMILES string of the molecule is CNc1nc(C(=O)NCc2ccc3c(c2)C[C@@H](C)O3)cs1. The van der Waals surface area contributed by atoms with Gasteiger partial charge in [-0.3, -0.25) is 4.79 Å². The van der Waals surface area contributed by atoms with E-state index in [0.29, 0.717) is 12.2 Å². The van der Waals surface area contributed by atoms with E-state index >= 15 is 0 Å². The van der Waals surface area contributed by atoms with Crippen molar-refractivity contribution >= 4 is 22.4 Å². The minimum absolute atomic E-state index is 0.155. The molecule has 0 saturated heterocycles. The third-order valence-corrected chi connectivity index (χ3v) is 4.22. The van der Waals surface area contributed by atoms with Gasteiger partial charge in [0.05, 0.1) is 0 Å². The maximum absolute atomic E-state index is 12.0. The standard InChI is InChI=1S/C15H17N3O2S/c1-9-5-11-6-10(3-4-13(11)20-9)7-17-14(19)12-8-21-15(16-2)18-12/h3-4,6,8-9H,5,7H2,1-2H3,(H,16,18)(H,17,19)/t9-/m1/s1. The number of thiazole rings is 1. The van der Waals surface area contributed by atoms with Gasteiger partial charge >= 0.3 is 0 Å². The Hall–Kier alpha value is -2.08. The number of rotatable bonds is 4. The largest absolute Gasteiger partial charge is 0.490 e. The van der Waals surface area contributed by atoms with E-state index in [1.807, 2.05) is 12.1 Å². The van der Waals surface area contributed by atoms with Crippen molar-refractivity contribution < 1.29 is 9.53 Å². The van der Waals surface area contributed by atoms with E-state index in [1.165, 1.54) is 16.9 Å². The number of nitrogens with zero attached hydrogens (tertiary/aromatic N) is 1. The lowest BCUT2D eigenvalue weighted by Crippen LogP contribution is -2.23. The number of amides is 1. The third-order valence-electron chi connectivity index (χ3n) is 3.36. The number of carbonyl (C=O) groups excluding carboxylic acids is 1. The van der Waals surface area contributed by atoms with Crippen molar-refractivity contribution in [2.24, 2.45) is 0 Å². The highest BCUT2D eigenvalue weighted by molar-refractivity contribution is 7.13. The second kappa shape index (κ2) is 5.73. The van der Waals surface area contributed by atoms with Gasteiger partial charge in [0.1, 0.15) is 17.5 Å². The van der Waals surface area contributed by atoms with E-state index in [9.17, 15) is 4.79 Å². The first kappa shape index (κ1) is 13.9. The molecule has 0 bridgehead atoms. The van der Waals surface area contributed by atoms with E-state index < -0.39 is 0 Å². The summed E-state index contributed by atoms with van der Waals surface area (Å²) in [6.07, 6.45) is 1.16. The van der Waals surface area contributed by atoms with Crippen LogP contribution in [0.2, 0.25) is 0 Å². The summed E-state index contributed by atoms with van der Waals surface area (Å²) in [5.74, 6) is 0.800. The Kier molecular flexibility index (Phi) is 3.79. The van der Waals surface area contributed by atoms with Gasteiger partial charge in [0.2, 0.25) is 0 Å². The minimum atomic E-state index is -0.155. The number of fused-ring (bicyclic) bond motifs is 1. The van der Waals surface area contributed by atoms with Crippen LogP contribution in [0.15, 0.2) is 23.6 Å². The molecular formula is C15H17N3O2S. The number of ether oxygens (including phenoxy) is 1. The van der Waals surface area contributed by atoms with Crippen molar-refractivity contribution in [2.45, 2.75) is 26.0 Å². The molecule has 1 aromatic carbocycles. The molecule has 0 fully saturated rings. The van der Waals surface area contributed by atoms with Crippen LogP contribution in [0.3, 0.4) is 0 Å². The molecule has 2 heterocycles. The van der Waals surface area contributed by atoms with Gasteiger partial charge in [-0.1, -0.05) is 12.1 Å². The summed E-state index contributed by atoms with van der Waals surface area (Å²) in [5, 5.41) is 8.30. The topological polar surface area (TPSA) is 63.2 Å². The molecule has 1 aliphatic rings. The van der Waals surface area contributed by atoms with Crippen LogP contribution < -0.4 is 15.4 Å². The molecule has 0 radical (unpaired) electrons. The Morgan fingerprint density at radius 2 is 2.38 bits per heavy atom. The van der Waals surface area contributed by atoms with Crippen LogP contribution in [0, 0.1) is 0 Å². The summed E-state index contributed by atoms with van der Waals surface area (Å²) in [6, 6.07) is 6.05. The number of anilines is 1. The Bertz CT molecular complexity index is 669. The summed E-state index contributed by atoms with van der Waals surface area (Å²) in [6.45, 7) is 2.55. The van der Waals surface area contributed by atoms with Crippen molar-refractivity contribution in [3.8, 4) is 5.75 Å². The number of hydrogen-bond donors (Lipinski definition) is 2. The van der Waals surface area contributed by atoms with Crippen LogP contribution >= 0.6 is 11.3 Å². The van der Waals surface area contributed by atoms with Gasteiger partial charge in [-0.2, -0.15) is 0 Å². The quantitative estimate of drug-likeness (QED) is 0.910. The van der Waals surface area contributed by atoms with E-state index in [0.717, 1.165) is 22.9 Å². The van der Waals surface area contributed by atoms with Crippen molar-refractivity contribution in [1.82, 2.24) is 10.3 Å². The lowest BCUT2D eigenvalue weighted by Gasteiger charge is -2.06. The Balaban J connectivity index is 1.63. The molecule has 2 N–H and O–H groups in total. The molecule has 0 spiro atoms. The van der Waals surface area contributed by atoms with Gasteiger partial charge in [0, 0.05) is 25.4 Å². The van der Waals surface area contributed by atoms with E-state index in [-0.39, 0.29) is 12.0 Å². The molecule has 5 nitrogen and oxygen atoms in total. The van der Waals surface area contributed by atoms with Gasteiger partial charge in [-0.05, 0) is 24.1 Å². The first-order valence-electron chi connectivity index (χ1n) is 6.85. The predicted molar refractivity (Wildman–Crippen MR) is 83.1 cm³/mol. The monoisotopic (exact) mass is 303 g/mol. The summed E-state index contributed by atoms with van der Waals surface area (Å²) in [7, 11) is 1.79. The molecule has 3 rings (SSSR count). The van der Waals surface area contributed by atoms with Crippen LogP contribution in [-0.2, 0) is 13.0 Å². The lowest BCUT2D eigenvalue weighted by atomic mass is 10.1. The molecule has 1 amide bonds. The zero-order valence-corrected chi connectivity index (χ0v) is 12.8. The predicted octanol–water partition coefficient (Wildman–Crippen LogP) is 2.44. The van der Waals surface area contributed by atoms with Crippen LogP contribution in [0.4, 0.5) is 5.13 Å². The summed E-state index contributed by atoms with van der Waals surface area (Å²) in [4.78, 5) is 16.2. The second-order valence-corrected chi connectivity index (χ2v) is 5.90. The average Bonchev–Trinajstić information content (AvgIpc) is 3.09. The number of nitrogens with one attached hydrogen (secondary N) is 2. The van der Waals surface area contributed by atoms with Crippen molar-refractivity contribution in [3.63, 3.8) is 0 Å². The minimum Gasteiger partial charge on any atom is -0.490 e. The van der Waals surface area contributed by atoms with E-state index in [1.54, 1.807) is 12.4 Å². The molecule has 110 valence electrons. The van der Waals surface area contributed by atoms with Crippen LogP contribution in [-0.4, -0.2) is 24.0 Å². The maximum Gasteiger partial charge on any atom is 0.271 e. The molecule has 6 heteroatoms. The summed E-state index contributed by atoms with van der Waals surface area (Å²) < 4.78 is 5.67. The van der Waals surface area contributed by atoms with Gasteiger partial charge in [-0.15, -0.1) is 11.3 Å². The zero-order chi connectivity index (χ0) is 14.8. The van der Waals surface area contributed by atoms with Crippen molar-refractivity contribution in [1.29, 1.82) is 0 Å². The van der Waals surface area contributed by atoms with Gasteiger partial charge in [-0.25, -0.2) is 4.98 Å². The average molecular weight is 303 g/mol. The molecule has 2 aromatic rings. The van der Waals surface area contributed by atoms with E-state index in [4.69, 9.17) is 4.74 Å². The van der Waals surface area contributed by atoms with Crippen molar-refractivity contribution in [3.05, 3.63) is 40.4 Å². The number of aromatic nitrogens is 1. The highest BCUT2D eigenvalue weighted by atomic mass is 32.1. The summed E-state index contributed by atoms with van der Waals surface area (Å²) in [5.41, 5.74) is 2.73. The second-order valence-electron chi connectivity index (χ2n) is 5.05. The third kappa shape index (κ3) is 3.00. The zero-order valence-electron chi connectivity index (χ0n) is 12.0. The number of benzene rings is 1. The Labute approximate surface area is 127 Å². The molecule has 1 atom stereocenters. The van der Waals surface area contributed by atoms with Crippen LogP contribution in [0.25, 0.3) is 0 Å². The fourth-order valence-corrected chi connectivity index (χ4v) is 3.00. The highest BCUT2D eigenvalue weighted by Gasteiger charge is 2.19. The normalized spacial score (nSPS) is 16.2. The first-order valence-corrected chi connectivity index (χ1v) is 7.73. The molecule has 0 unspecified atom stereocenters. The highest BCUT2D eigenvalue weighted by Crippen LogP contribution is 2.29. The van der Waals surface area contributed by atoms with Crippen molar-refractivity contribution in [2.75, 3.05) is 12.4 Å². The Morgan fingerprint density at radius 1 is 1.52 bits per heavy atom. The van der Waals surface area contributed by atoms with Crippen LogP contribution in [0.1, 0.15) is 28.5 Å². The Morgan fingerprint density at radius 3 is 3.14 bits per heavy atom. The fourth-order valence-electron chi connectivity index (χ4n) is 2.35. The lowest BCUT2D eigenvalue weighted by molar-refractivity contribution is 0.0946. The van der Waals surface area contributed by atoms with Gasteiger partial charge < -0.3 is 15.4 Å². The smallest absolute Gasteiger partial charge is 0.271 e. The molecule has 21 heavy (non-hydrogen) atoms. The molecule has 1 aliphatic heterocycles. The van der Waals surface area contributed by atoms with Gasteiger partial charge in [0.25, 0.3) is 5.91 Å². The summed E-state index contributed by atoms with van der Waals surface area (Å²) >= 11 is 1.42. The number of hydrogen-bond acceptors (Lipinski definition) is 5. The molecule has 0 aliphatic carbocycles. The molecular weight excluding hydrogens is 286 g/mol.